The van der Waals surface area contributed by atoms with Crippen LogP contribution < -0.4 is 15.4 Å². The highest BCUT2D eigenvalue weighted by molar-refractivity contribution is 7.85. The minimum atomic E-state index is -4.18. The van der Waals surface area contributed by atoms with Gasteiger partial charge >= 0.3 is 0 Å². The van der Waals surface area contributed by atoms with E-state index in [4.69, 9.17) is 10.4 Å². The fraction of sp³-hybridized carbons (Fsp3) is 0.235. The van der Waals surface area contributed by atoms with Crippen LogP contribution in [0, 0.1) is 6.92 Å². The molecule has 0 unspecified atom stereocenters. The van der Waals surface area contributed by atoms with Crippen molar-refractivity contribution in [2.45, 2.75) is 24.8 Å². The van der Waals surface area contributed by atoms with Crippen LogP contribution in [-0.4, -0.2) is 19.5 Å². The van der Waals surface area contributed by atoms with Gasteiger partial charge in [0.05, 0.1) is 10.6 Å². The minimum absolute atomic E-state index is 0.138. The number of aryl methyl sites for hydroxylation is 2. The molecule has 0 fully saturated rings. The molecule has 3 rings (SSSR count). The lowest BCUT2D eigenvalue weighted by atomic mass is 10.3. The van der Waals surface area contributed by atoms with Gasteiger partial charge < -0.3 is 5.01 Å². The molecule has 0 aliphatic heterocycles. The third-order valence-corrected chi connectivity index (χ3v) is 5.99. The first kappa shape index (κ1) is 17.8. The molecule has 25 heavy (non-hydrogen) atoms. The lowest BCUT2D eigenvalue weighted by Crippen LogP contribution is -2.39. The Hall–Kier alpha value is -2.00. The van der Waals surface area contributed by atoms with Crippen LogP contribution in [0.1, 0.15) is 11.4 Å². The van der Waals surface area contributed by atoms with Gasteiger partial charge in [-0.1, -0.05) is 23.5 Å². The van der Waals surface area contributed by atoms with E-state index in [-0.39, 0.29) is 4.90 Å². The van der Waals surface area contributed by atoms with Crippen molar-refractivity contribution in [3.63, 3.8) is 0 Å². The van der Waals surface area contributed by atoms with Crippen molar-refractivity contribution in [2.75, 3.05) is 11.6 Å². The predicted octanol–water partition coefficient (Wildman–Crippen LogP) is 2.51. The van der Waals surface area contributed by atoms with E-state index in [0.717, 1.165) is 13.0 Å². The number of benzene rings is 2. The molecule has 0 atom stereocenters. The van der Waals surface area contributed by atoms with E-state index in [0.29, 0.717) is 12.2 Å². The van der Waals surface area contributed by atoms with Crippen LogP contribution >= 0.6 is 11.3 Å². The van der Waals surface area contributed by atoms with Crippen molar-refractivity contribution in [3.05, 3.63) is 53.5 Å². The molecule has 1 heterocycles. The summed E-state index contributed by atoms with van der Waals surface area (Å²) < 4.78 is 34.7. The quantitative estimate of drug-likeness (QED) is 0.298. The van der Waals surface area contributed by atoms with Crippen LogP contribution in [0.5, 0.6) is 0 Å². The Kier molecular flexibility index (Phi) is 5.05. The molecule has 0 radical (unpaired) electrons. The Morgan fingerprint density at radius 1 is 1.16 bits per heavy atom. The normalized spacial score (nSPS) is 11.8. The van der Waals surface area contributed by atoms with Crippen LogP contribution in [0.2, 0.25) is 0 Å². The van der Waals surface area contributed by atoms with Crippen molar-refractivity contribution >= 4 is 37.4 Å². The zero-order valence-corrected chi connectivity index (χ0v) is 15.4. The first-order valence-corrected chi connectivity index (χ1v) is 10.1. The first-order chi connectivity index (χ1) is 11.9. The summed E-state index contributed by atoms with van der Waals surface area (Å²) in [6, 6.07) is 14.2. The summed E-state index contributed by atoms with van der Waals surface area (Å²) in [4.78, 5) is -0.138. The number of hydrazine groups is 1. The molecule has 0 bridgehead atoms. The topological polar surface area (TPSA) is 87.5 Å². The van der Waals surface area contributed by atoms with E-state index < -0.39 is 10.1 Å². The maximum atomic E-state index is 11.1. The Morgan fingerprint density at radius 3 is 2.52 bits per heavy atom. The van der Waals surface area contributed by atoms with Gasteiger partial charge in [0.15, 0.2) is 6.54 Å². The maximum absolute atomic E-state index is 11.1. The number of thiazole rings is 1. The number of aromatic nitrogens is 1. The van der Waals surface area contributed by atoms with E-state index in [1.54, 1.807) is 28.5 Å². The zero-order valence-electron chi connectivity index (χ0n) is 13.8. The standard InChI is InChI=1S/C17H19N3O3S2/c1-13-19(16-5-2-3-6-17(16)24-13)11-4-12-20(18)14-7-9-15(10-8-14)25(21,22)23/h2-3,5-10H,4,11-12,18H2,1H3/p+1. The van der Waals surface area contributed by atoms with E-state index >= 15 is 0 Å². The molecular formula is C17H20N3O3S2+. The predicted molar refractivity (Wildman–Crippen MR) is 99.2 cm³/mol. The smallest absolute Gasteiger partial charge is 0.294 e. The number of nitrogens with two attached hydrogens (primary N) is 1. The lowest BCUT2D eigenvalue weighted by Gasteiger charge is -2.18. The van der Waals surface area contributed by atoms with Gasteiger partial charge in [0, 0.05) is 26.0 Å². The van der Waals surface area contributed by atoms with E-state index in [2.05, 4.69) is 23.6 Å². The summed E-state index contributed by atoms with van der Waals surface area (Å²) in [5, 5.41) is 2.83. The Morgan fingerprint density at radius 2 is 1.84 bits per heavy atom. The second-order valence-electron chi connectivity index (χ2n) is 5.76. The van der Waals surface area contributed by atoms with Crippen molar-refractivity contribution in [3.8, 4) is 0 Å². The fourth-order valence-electron chi connectivity index (χ4n) is 2.77. The molecule has 0 saturated heterocycles. The summed E-state index contributed by atoms with van der Waals surface area (Å²) in [6.45, 7) is 3.59. The van der Waals surface area contributed by atoms with Crippen LogP contribution in [0.25, 0.3) is 10.2 Å². The third-order valence-electron chi connectivity index (χ3n) is 4.04. The van der Waals surface area contributed by atoms with E-state index in [1.165, 1.54) is 27.4 Å². The number of anilines is 1. The third kappa shape index (κ3) is 3.98. The summed E-state index contributed by atoms with van der Waals surface area (Å²) >= 11 is 1.78. The number of nitrogens with zero attached hydrogens (tertiary/aromatic N) is 2. The molecule has 2 aromatic carbocycles. The monoisotopic (exact) mass is 378 g/mol. The molecule has 6 nitrogen and oxygen atoms in total. The molecule has 0 amide bonds. The van der Waals surface area contributed by atoms with Crippen molar-refractivity contribution in [2.24, 2.45) is 5.84 Å². The number of para-hydroxylation sites is 1. The zero-order chi connectivity index (χ0) is 18.0. The molecule has 3 aromatic rings. The highest BCUT2D eigenvalue weighted by Crippen LogP contribution is 2.20. The van der Waals surface area contributed by atoms with Gasteiger partial charge in [0.1, 0.15) is 4.70 Å². The van der Waals surface area contributed by atoms with Crippen LogP contribution in [0.15, 0.2) is 53.4 Å². The molecule has 3 N–H and O–H groups in total. The van der Waals surface area contributed by atoms with Gasteiger partial charge in [-0.2, -0.15) is 13.0 Å². The molecule has 0 aliphatic rings. The maximum Gasteiger partial charge on any atom is 0.294 e. The molecule has 1 aromatic heterocycles. The minimum Gasteiger partial charge on any atom is -0.311 e. The van der Waals surface area contributed by atoms with Crippen LogP contribution in [-0.2, 0) is 16.7 Å². The van der Waals surface area contributed by atoms with Crippen LogP contribution in [0.4, 0.5) is 5.69 Å². The number of hydrogen-bond acceptors (Lipinski definition) is 5. The average Bonchev–Trinajstić information content (AvgIpc) is 2.90. The van der Waals surface area contributed by atoms with Crippen molar-refractivity contribution < 1.29 is 17.5 Å². The lowest BCUT2D eigenvalue weighted by molar-refractivity contribution is -0.673. The fourth-order valence-corrected chi connectivity index (χ4v) is 4.29. The Labute approximate surface area is 150 Å². The van der Waals surface area contributed by atoms with Gasteiger partial charge in [-0.3, -0.25) is 4.55 Å². The molecule has 0 aliphatic carbocycles. The van der Waals surface area contributed by atoms with Gasteiger partial charge in [0.25, 0.3) is 10.1 Å². The first-order valence-electron chi connectivity index (χ1n) is 7.84. The SMILES string of the molecule is Cc1sc2ccccc2[n+]1CCCN(N)c1ccc(S(=O)(=O)O)cc1. The summed E-state index contributed by atoms with van der Waals surface area (Å²) in [7, 11) is -4.18. The van der Waals surface area contributed by atoms with E-state index in [9.17, 15) is 8.42 Å². The number of rotatable bonds is 6. The van der Waals surface area contributed by atoms with E-state index in [1.807, 2.05) is 12.1 Å². The average molecular weight is 378 g/mol. The van der Waals surface area contributed by atoms with Crippen molar-refractivity contribution in [1.29, 1.82) is 0 Å². The molecule has 132 valence electrons. The molecule has 8 heteroatoms. The molecule has 0 saturated carbocycles. The highest BCUT2D eigenvalue weighted by Gasteiger charge is 2.16. The Bertz CT molecular complexity index is 982. The van der Waals surface area contributed by atoms with Gasteiger partial charge in [0.2, 0.25) is 10.5 Å². The van der Waals surface area contributed by atoms with Gasteiger partial charge in [-0.15, -0.1) is 0 Å². The second-order valence-corrected chi connectivity index (χ2v) is 8.41. The Balaban J connectivity index is 1.64. The largest absolute Gasteiger partial charge is 0.311 e. The summed E-state index contributed by atoms with van der Waals surface area (Å²) in [6.07, 6.45) is 0.850. The molecule has 0 spiro atoms. The van der Waals surface area contributed by atoms with Crippen molar-refractivity contribution in [1.82, 2.24) is 0 Å². The van der Waals surface area contributed by atoms with Gasteiger partial charge in [-0.25, -0.2) is 5.84 Å². The number of hydrogen-bond donors (Lipinski definition) is 2. The second kappa shape index (κ2) is 7.09. The van der Waals surface area contributed by atoms with Crippen LogP contribution in [0.3, 0.4) is 0 Å². The highest BCUT2D eigenvalue weighted by atomic mass is 32.2. The summed E-state index contributed by atoms with van der Waals surface area (Å²) in [5.74, 6) is 6.06. The summed E-state index contributed by atoms with van der Waals surface area (Å²) in [5.41, 5.74) is 1.93. The number of fused-ring (bicyclic) bond motifs is 1. The molecular weight excluding hydrogens is 358 g/mol. The van der Waals surface area contributed by atoms with Gasteiger partial charge in [-0.05, 0) is 30.3 Å².